The van der Waals surface area contributed by atoms with Gasteiger partial charge < -0.3 is 20.1 Å². The van der Waals surface area contributed by atoms with Crippen LogP contribution in [0.5, 0.6) is 11.5 Å². The molecule has 9 heteroatoms. The van der Waals surface area contributed by atoms with Crippen LogP contribution in [0.15, 0.2) is 66.2 Å². The maximum absolute atomic E-state index is 5.71. The fourth-order valence-corrected chi connectivity index (χ4v) is 2.84. The van der Waals surface area contributed by atoms with Gasteiger partial charge in [0.15, 0.2) is 11.8 Å². The van der Waals surface area contributed by atoms with E-state index in [4.69, 9.17) is 9.47 Å². The van der Waals surface area contributed by atoms with Crippen molar-refractivity contribution in [2.24, 2.45) is 4.99 Å². The van der Waals surface area contributed by atoms with Gasteiger partial charge in [0.05, 0.1) is 20.2 Å². The lowest BCUT2D eigenvalue weighted by Crippen LogP contribution is -2.37. The monoisotopic (exact) mass is 548 g/mol. The van der Waals surface area contributed by atoms with Crippen molar-refractivity contribution in [2.45, 2.75) is 20.0 Å². The number of rotatable bonds is 10. The van der Waals surface area contributed by atoms with Crippen LogP contribution in [0.1, 0.15) is 18.3 Å². The van der Waals surface area contributed by atoms with Crippen molar-refractivity contribution in [3.63, 3.8) is 0 Å². The molecule has 0 atom stereocenters. The van der Waals surface area contributed by atoms with E-state index in [9.17, 15) is 0 Å². The summed E-state index contributed by atoms with van der Waals surface area (Å²) >= 11 is 0. The maximum Gasteiger partial charge on any atom is 0.191 e. The molecule has 1 aromatic heterocycles. The molecule has 3 aromatic rings. The molecule has 0 aliphatic carbocycles. The number of benzene rings is 2. The molecule has 0 amide bonds. The SMILES string of the molecule is C=CCOc1ccccc1CN=C(NCC)NCc1nc(-c2ccc(OC)cc2)n[nH]1.I. The molecule has 0 aliphatic heterocycles. The molecule has 0 fully saturated rings. The molecule has 1 heterocycles. The lowest BCUT2D eigenvalue weighted by molar-refractivity contribution is 0.359. The molecule has 2 aromatic carbocycles. The third-order valence-corrected chi connectivity index (χ3v) is 4.38. The second-order valence-electron chi connectivity index (χ2n) is 6.59. The predicted octanol–water partition coefficient (Wildman–Crippen LogP) is 3.92. The van der Waals surface area contributed by atoms with Crippen molar-refractivity contribution in [1.82, 2.24) is 25.8 Å². The summed E-state index contributed by atoms with van der Waals surface area (Å²) in [5.74, 6) is 3.63. The van der Waals surface area contributed by atoms with E-state index in [0.717, 1.165) is 29.2 Å². The van der Waals surface area contributed by atoms with Crippen molar-refractivity contribution in [1.29, 1.82) is 0 Å². The number of aliphatic imine (C=N–C) groups is 1. The molecule has 0 spiro atoms. The number of para-hydroxylation sites is 1. The van der Waals surface area contributed by atoms with E-state index in [1.54, 1.807) is 13.2 Å². The summed E-state index contributed by atoms with van der Waals surface area (Å²) < 4.78 is 10.9. The minimum Gasteiger partial charge on any atom is -0.497 e. The van der Waals surface area contributed by atoms with E-state index in [2.05, 4.69) is 37.4 Å². The number of aromatic amines is 1. The van der Waals surface area contributed by atoms with Gasteiger partial charge in [0.25, 0.3) is 0 Å². The fourth-order valence-electron chi connectivity index (χ4n) is 2.84. The second-order valence-corrected chi connectivity index (χ2v) is 6.59. The molecule has 8 nitrogen and oxygen atoms in total. The third kappa shape index (κ3) is 7.26. The highest BCUT2D eigenvalue weighted by molar-refractivity contribution is 14.0. The van der Waals surface area contributed by atoms with Crippen molar-refractivity contribution < 1.29 is 9.47 Å². The maximum atomic E-state index is 5.71. The molecular formula is C23H29IN6O2. The first-order valence-corrected chi connectivity index (χ1v) is 10.1. The van der Waals surface area contributed by atoms with Crippen molar-refractivity contribution in [3.8, 4) is 22.9 Å². The first-order valence-electron chi connectivity index (χ1n) is 10.1. The first kappa shape index (κ1) is 25.2. The van der Waals surface area contributed by atoms with Gasteiger partial charge in [-0.25, -0.2) is 9.98 Å². The Morgan fingerprint density at radius 3 is 2.66 bits per heavy atom. The smallest absolute Gasteiger partial charge is 0.191 e. The fraction of sp³-hybridized carbons (Fsp3) is 0.261. The van der Waals surface area contributed by atoms with Crippen LogP contribution in [0.25, 0.3) is 11.4 Å². The molecule has 0 aliphatic rings. The highest BCUT2D eigenvalue weighted by Crippen LogP contribution is 2.20. The predicted molar refractivity (Wildman–Crippen MR) is 138 cm³/mol. The Labute approximate surface area is 205 Å². The summed E-state index contributed by atoms with van der Waals surface area (Å²) in [4.78, 5) is 9.22. The lowest BCUT2D eigenvalue weighted by Gasteiger charge is -2.12. The zero-order chi connectivity index (χ0) is 21.9. The minimum atomic E-state index is 0. The Morgan fingerprint density at radius 1 is 1.16 bits per heavy atom. The first-order chi connectivity index (χ1) is 15.2. The Morgan fingerprint density at radius 2 is 1.94 bits per heavy atom. The number of nitrogens with one attached hydrogen (secondary N) is 3. The molecule has 0 unspecified atom stereocenters. The number of methoxy groups -OCH3 is 1. The molecule has 0 saturated heterocycles. The third-order valence-electron chi connectivity index (χ3n) is 4.38. The molecule has 3 rings (SSSR count). The normalized spacial score (nSPS) is 10.8. The minimum absolute atomic E-state index is 0. The van der Waals surface area contributed by atoms with E-state index in [1.807, 2.05) is 55.5 Å². The number of guanidine groups is 1. The van der Waals surface area contributed by atoms with E-state index < -0.39 is 0 Å². The van der Waals surface area contributed by atoms with Crippen LogP contribution in [-0.2, 0) is 13.1 Å². The highest BCUT2D eigenvalue weighted by atomic mass is 127. The van der Waals surface area contributed by atoms with Gasteiger partial charge in [-0.3, -0.25) is 5.10 Å². The van der Waals surface area contributed by atoms with E-state index in [-0.39, 0.29) is 24.0 Å². The number of aromatic nitrogens is 3. The van der Waals surface area contributed by atoms with Crippen molar-refractivity contribution in [2.75, 3.05) is 20.3 Å². The average molecular weight is 548 g/mol. The molecule has 0 saturated carbocycles. The summed E-state index contributed by atoms with van der Waals surface area (Å²) in [7, 11) is 1.64. The lowest BCUT2D eigenvalue weighted by atomic mass is 10.2. The molecule has 32 heavy (non-hydrogen) atoms. The van der Waals surface area contributed by atoms with Gasteiger partial charge in [-0.1, -0.05) is 30.9 Å². The number of halogens is 1. The summed E-state index contributed by atoms with van der Waals surface area (Å²) in [5.41, 5.74) is 1.92. The van der Waals surface area contributed by atoms with E-state index in [0.29, 0.717) is 37.3 Å². The van der Waals surface area contributed by atoms with Crippen LogP contribution >= 0.6 is 24.0 Å². The van der Waals surface area contributed by atoms with E-state index >= 15 is 0 Å². The van der Waals surface area contributed by atoms with Crippen LogP contribution in [0.3, 0.4) is 0 Å². The standard InChI is InChI=1S/C23H28N6O2.HI/c1-4-14-31-20-9-7-6-8-18(20)15-25-23(24-5-2)26-16-21-27-22(29-28-21)17-10-12-19(30-3)13-11-17;/h4,6-13H,1,5,14-16H2,2-3H3,(H2,24,25,26)(H,27,28,29);1H. The summed E-state index contributed by atoms with van der Waals surface area (Å²) in [5, 5.41) is 13.8. The van der Waals surface area contributed by atoms with Crippen LogP contribution in [0.4, 0.5) is 0 Å². The largest absolute Gasteiger partial charge is 0.497 e. The zero-order valence-corrected chi connectivity index (χ0v) is 20.6. The van der Waals surface area contributed by atoms with Crippen molar-refractivity contribution in [3.05, 3.63) is 72.6 Å². The van der Waals surface area contributed by atoms with Gasteiger partial charge in [-0.2, -0.15) is 5.10 Å². The van der Waals surface area contributed by atoms with Crippen LogP contribution in [0, 0.1) is 0 Å². The number of ether oxygens (including phenoxy) is 2. The van der Waals surface area contributed by atoms with Gasteiger partial charge in [0.1, 0.15) is 23.9 Å². The number of hydrogen-bond acceptors (Lipinski definition) is 5. The topological polar surface area (TPSA) is 96.4 Å². The Kier molecular flexibility index (Phi) is 10.5. The number of nitrogens with zero attached hydrogens (tertiary/aromatic N) is 3. The molecular weight excluding hydrogens is 519 g/mol. The Balaban J connectivity index is 0.00000363. The molecule has 0 radical (unpaired) electrons. The average Bonchev–Trinajstić information content (AvgIpc) is 3.29. The van der Waals surface area contributed by atoms with E-state index in [1.165, 1.54) is 0 Å². The zero-order valence-electron chi connectivity index (χ0n) is 18.3. The van der Waals surface area contributed by atoms with Gasteiger partial charge in [-0.15, -0.1) is 24.0 Å². The highest BCUT2D eigenvalue weighted by Gasteiger charge is 2.08. The number of H-pyrrole nitrogens is 1. The molecule has 3 N–H and O–H groups in total. The van der Waals surface area contributed by atoms with Crippen LogP contribution in [-0.4, -0.2) is 41.4 Å². The summed E-state index contributed by atoms with van der Waals surface area (Å²) in [6, 6.07) is 15.5. The number of hydrogen-bond donors (Lipinski definition) is 3. The summed E-state index contributed by atoms with van der Waals surface area (Å²) in [6.07, 6.45) is 1.73. The molecule has 0 bridgehead atoms. The molecule has 170 valence electrons. The van der Waals surface area contributed by atoms with Crippen LogP contribution < -0.4 is 20.1 Å². The quantitative estimate of drug-likeness (QED) is 0.154. The van der Waals surface area contributed by atoms with Gasteiger partial charge in [-0.05, 0) is 37.3 Å². The van der Waals surface area contributed by atoms with Gasteiger partial charge in [0.2, 0.25) is 0 Å². The second kappa shape index (κ2) is 13.4. The Hall–Kier alpha value is -3.08. The van der Waals surface area contributed by atoms with Crippen LogP contribution in [0.2, 0.25) is 0 Å². The van der Waals surface area contributed by atoms with Gasteiger partial charge in [0, 0.05) is 17.7 Å². The Bertz CT molecular complexity index is 1000. The van der Waals surface area contributed by atoms with Crippen molar-refractivity contribution >= 4 is 29.9 Å². The van der Waals surface area contributed by atoms with Gasteiger partial charge >= 0.3 is 0 Å². The summed E-state index contributed by atoms with van der Waals surface area (Å²) in [6.45, 7) is 7.86.